The number of rotatable bonds is 4. The van der Waals surface area contributed by atoms with Gasteiger partial charge in [0.25, 0.3) is 5.91 Å². The molecule has 1 saturated carbocycles. The molecule has 1 aliphatic carbocycles. The highest BCUT2D eigenvalue weighted by Gasteiger charge is 2.21. The molecule has 1 aliphatic heterocycles. The van der Waals surface area contributed by atoms with Crippen molar-refractivity contribution in [3.63, 3.8) is 0 Å². The first-order chi connectivity index (χ1) is 15.7. The lowest BCUT2D eigenvalue weighted by atomic mass is 9.95. The first kappa shape index (κ1) is 21.1. The van der Waals surface area contributed by atoms with Crippen LogP contribution in [0.5, 0.6) is 5.75 Å². The molecule has 3 aromatic rings. The van der Waals surface area contributed by atoms with E-state index in [2.05, 4.69) is 17.4 Å². The standard InChI is InChI=1S/C26H23ClN2O2S/c27-31-20-13-10-17(11-14-20)25-21-8-4-5-9-23(21)32-24-15-12-18(16-22(24)29-25)26(30)28-19-6-2-1-3-7-19/h4-5,8-16,19H,1-3,6-7H2,(H,28,30). The molecule has 1 N–H and O–H groups in total. The molecule has 0 atom stereocenters. The fourth-order valence-corrected chi connectivity index (χ4v) is 5.39. The predicted molar refractivity (Wildman–Crippen MR) is 130 cm³/mol. The van der Waals surface area contributed by atoms with Crippen LogP contribution in [-0.2, 0) is 0 Å². The van der Waals surface area contributed by atoms with Crippen LogP contribution < -0.4 is 9.61 Å². The molecule has 0 bridgehead atoms. The fraction of sp³-hybridized carbons (Fsp3) is 0.231. The van der Waals surface area contributed by atoms with Gasteiger partial charge in [-0.2, -0.15) is 0 Å². The molecule has 0 unspecified atom stereocenters. The summed E-state index contributed by atoms with van der Waals surface area (Å²) in [5, 5.41) is 3.21. The largest absolute Gasteiger partial charge is 0.386 e. The van der Waals surface area contributed by atoms with Crippen LogP contribution in [0, 0.1) is 0 Å². The summed E-state index contributed by atoms with van der Waals surface area (Å²) in [5.41, 5.74) is 4.32. The highest BCUT2D eigenvalue weighted by atomic mass is 35.5. The van der Waals surface area contributed by atoms with Crippen molar-refractivity contribution in [2.24, 2.45) is 4.99 Å². The molecule has 1 heterocycles. The predicted octanol–water partition coefficient (Wildman–Crippen LogP) is 6.92. The third-order valence-corrected chi connectivity index (χ3v) is 7.29. The molecule has 0 spiro atoms. The summed E-state index contributed by atoms with van der Waals surface area (Å²) >= 11 is 7.16. The van der Waals surface area contributed by atoms with Crippen LogP contribution >= 0.6 is 23.6 Å². The normalized spacial score (nSPS) is 15.7. The number of nitrogens with zero attached hydrogens (tertiary/aromatic N) is 1. The number of halogens is 1. The Labute approximate surface area is 197 Å². The zero-order valence-corrected chi connectivity index (χ0v) is 19.1. The zero-order chi connectivity index (χ0) is 21.9. The van der Waals surface area contributed by atoms with Gasteiger partial charge in [-0.15, -0.1) is 0 Å². The van der Waals surface area contributed by atoms with E-state index in [4.69, 9.17) is 21.1 Å². The van der Waals surface area contributed by atoms with Crippen LogP contribution in [0.25, 0.3) is 0 Å². The Bertz CT molecular complexity index is 1170. The second kappa shape index (κ2) is 9.39. The van der Waals surface area contributed by atoms with Crippen LogP contribution in [0.4, 0.5) is 5.69 Å². The highest BCUT2D eigenvalue weighted by Crippen LogP contribution is 2.41. The lowest BCUT2D eigenvalue weighted by molar-refractivity contribution is 0.0927. The van der Waals surface area contributed by atoms with Crippen molar-refractivity contribution in [3.8, 4) is 5.75 Å². The Balaban J connectivity index is 1.53. The summed E-state index contributed by atoms with van der Waals surface area (Å²) in [6.07, 6.45) is 5.76. The Morgan fingerprint density at radius 1 is 0.969 bits per heavy atom. The average Bonchev–Trinajstić information content (AvgIpc) is 3.01. The van der Waals surface area contributed by atoms with E-state index in [1.165, 1.54) is 19.3 Å². The van der Waals surface area contributed by atoms with Gasteiger partial charge in [-0.05, 0) is 61.4 Å². The lowest BCUT2D eigenvalue weighted by Gasteiger charge is -2.22. The Morgan fingerprint density at radius 2 is 1.75 bits per heavy atom. The maximum atomic E-state index is 12.9. The van der Waals surface area contributed by atoms with E-state index in [1.54, 1.807) is 11.8 Å². The van der Waals surface area contributed by atoms with Gasteiger partial charge >= 0.3 is 0 Å². The third-order valence-electron chi connectivity index (χ3n) is 5.97. The van der Waals surface area contributed by atoms with Crippen molar-refractivity contribution in [3.05, 3.63) is 83.4 Å². The minimum absolute atomic E-state index is 0.0215. The summed E-state index contributed by atoms with van der Waals surface area (Å²) in [6.45, 7) is 0. The first-order valence-electron chi connectivity index (χ1n) is 10.9. The van der Waals surface area contributed by atoms with E-state index in [-0.39, 0.29) is 11.9 Å². The molecule has 4 nitrogen and oxygen atoms in total. The first-order valence-corrected chi connectivity index (χ1v) is 12.0. The van der Waals surface area contributed by atoms with Crippen LogP contribution in [0.15, 0.2) is 81.5 Å². The number of carbonyl (C=O) groups excluding carboxylic acids is 1. The number of hydrogen-bond donors (Lipinski definition) is 1. The van der Waals surface area contributed by atoms with Gasteiger partial charge in [0.05, 0.1) is 11.4 Å². The molecule has 3 aromatic carbocycles. The number of fused-ring (bicyclic) bond motifs is 2. The molecule has 162 valence electrons. The monoisotopic (exact) mass is 462 g/mol. The molecule has 6 heteroatoms. The van der Waals surface area contributed by atoms with Gasteiger partial charge in [0.15, 0.2) is 0 Å². The van der Waals surface area contributed by atoms with Crippen molar-refractivity contribution in [2.75, 3.05) is 0 Å². The topological polar surface area (TPSA) is 50.7 Å². The molecular weight excluding hydrogens is 440 g/mol. The van der Waals surface area contributed by atoms with E-state index in [0.717, 1.165) is 45.2 Å². The summed E-state index contributed by atoms with van der Waals surface area (Å²) < 4.78 is 4.80. The maximum Gasteiger partial charge on any atom is 0.251 e. The van der Waals surface area contributed by atoms with Gasteiger partial charge in [-0.3, -0.25) is 4.79 Å². The summed E-state index contributed by atoms with van der Waals surface area (Å²) in [6, 6.07) is 21.9. The van der Waals surface area contributed by atoms with Crippen LogP contribution in [0.3, 0.4) is 0 Å². The molecular formula is C26H23ClN2O2S. The number of carbonyl (C=O) groups is 1. The van der Waals surface area contributed by atoms with Crippen molar-refractivity contribution >= 4 is 40.9 Å². The average molecular weight is 463 g/mol. The highest BCUT2D eigenvalue weighted by molar-refractivity contribution is 7.99. The smallest absolute Gasteiger partial charge is 0.251 e. The quantitative estimate of drug-likeness (QED) is 0.358. The van der Waals surface area contributed by atoms with Gasteiger partial charge < -0.3 is 9.61 Å². The fourth-order valence-electron chi connectivity index (χ4n) is 4.28. The second-order valence-corrected chi connectivity index (χ2v) is 9.39. The maximum absolute atomic E-state index is 12.9. The number of nitrogens with one attached hydrogen (secondary N) is 1. The van der Waals surface area contributed by atoms with Gasteiger partial charge in [0.1, 0.15) is 17.6 Å². The summed E-state index contributed by atoms with van der Waals surface area (Å²) in [7, 11) is 0. The molecule has 1 fully saturated rings. The number of hydrogen-bond acceptors (Lipinski definition) is 4. The van der Waals surface area contributed by atoms with Gasteiger partial charge in [0, 0.05) is 32.5 Å². The molecule has 0 radical (unpaired) electrons. The van der Waals surface area contributed by atoms with Crippen molar-refractivity contribution in [1.29, 1.82) is 0 Å². The van der Waals surface area contributed by atoms with Gasteiger partial charge in [-0.25, -0.2) is 4.99 Å². The van der Waals surface area contributed by atoms with Gasteiger partial charge in [0.2, 0.25) is 0 Å². The van der Waals surface area contributed by atoms with E-state index < -0.39 is 0 Å². The summed E-state index contributed by atoms with van der Waals surface area (Å²) in [5.74, 6) is 0.557. The van der Waals surface area contributed by atoms with Crippen LogP contribution in [0.2, 0.25) is 0 Å². The van der Waals surface area contributed by atoms with Crippen LogP contribution in [-0.4, -0.2) is 17.7 Å². The molecule has 32 heavy (non-hydrogen) atoms. The zero-order valence-electron chi connectivity index (χ0n) is 17.5. The molecule has 1 amide bonds. The SMILES string of the molecule is O=C(NC1CCCCC1)c1ccc2c(c1)N=C(c1ccc(OCl)cc1)c1ccccc1S2. The van der Waals surface area contributed by atoms with Crippen molar-refractivity contribution in [1.82, 2.24) is 5.32 Å². The van der Waals surface area contributed by atoms with E-state index in [1.807, 2.05) is 54.6 Å². The van der Waals surface area contributed by atoms with Crippen molar-refractivity contribution in [2.45, 2.75) is 47.9 Å². The van der Waals surface area contributed by atoms with Crippen molar-refractivity contribution < 1.29 is 9.08 Å². The summed E-state index contributed by atoms with van der Waals surface area (Å²) in [4.78, 5) is 20.1. The van der Waals surface area contributed by atoms with E-state index in [0.29, 0.717) is 11.3 Å². The third kappa shape index (κ3) is 4.41. The van der Waals surface area contributed by atoms with E-state index in [9.17, 15) is 4.79 Å². The minimum atomic E-state index is -0.0215. The Morgan fingerprint density at radius 3 is 2.53 bits per heavy atom. The lowest BCUT2D eigenvalue weighted by Crippen LogP contribution is -2.36. The Hall–Kier alpha value is -2.76. The van der Waals surface area contributed by atoms with E-state index >= 15 is 0 Å². The molecule has 0 aromatic heterocycles. The van der Waals surface area contributed by atoms with Crippen LogP contribution in [0.1, 0.15) is 53.6 Å². The molecule has 2 aliphatic rings. The molecule has 0 saturated heterocycles. The second-order valence-electron chi connectivity index (χ2n) is 8.15. The molecule has 5 rings (SSSR count). The number of aliphatic imine (C=N–C) groups is 1. The van der Waals surface area contributed by atoms with Gasteiger partial charge in [-0.1, -0.05) is 49.2 Å². The number of benzene rings is 3. The minimum Gasteiger partial charge on any atom is -0.386 e. The Kier molecular flexibility index (Phi) is 6.19. The number of amides is 1.